The fourth-order valence-corrected chi connectivity index (χ4v) is 2.37. The predicted molar refractivity (Wildman–Crippen MR) is 68.1 cm³/mol. The normalized spacial score (nSPS) is 24.7. The fraction of sp³-hybridized carbons (Fsp3) is 0.308. The Morgan fingerprint density at radius 3 is 2.82 bits per heavy atom. The van der Waals surface area contributed by atoms with E-state index in [0.29, 0.717) is 16.3 Å². The van der Waals surface area contributed by atoms with Crippen molar-refractivity contribution in [3.63, 3.8) is 0 Å². The van der Waals surface area contributed by atoms with Gasteiger partial charge in [-0.2, -0.15) is 0 Å². The van der Waals surface area contributed by atoms with E-state index in [0.717, 1.165) is 0 Å². The lowest BCUT2D eigenvalue weighted by Crippen LogP contribution is -2.42. The van der Waals surface area contributed by atoms with Gasteiger partial charge in [0.2, 0.25) is 0 Å². The number of amides is 1. The van der Waals surface area contributed by atoms with E-state index >= 15 is 0 Å². The minimum atomic E-state index is -1.56. The van der Waals surface area contributed by atoms with Gasteiger partial charge in [0, 0.05) is 23.6 Å². The molecule has 17 heavy (non-hydrogen) atoms. The third-order valence-electron chi connectivity index (χ3n) is 3.37. The van der Waals surface area contributed by atoms with E-state index in [2.05, 4.69) is 6.58 Å². The highest BCUT2D eigenvalue weighted by atomic mass is 35.5. The van der Waals surface area contributed by atoms with Gasteiger partial charge in [-0.15, -0.1) is 6.58 Å². The first-order valence-corrected chi connectivity index (χ1v) is 5.73. The van der Waals surface area contributed by atoms with E-state index in [1.54, 1.807) is 38.2 Å². The molecule has 1 amide bonds. The molecule has 0 saturated heterocycles. The number of rotatable bonds is 2. The highest BCUT2D eigenvalue weighted by Crippen LogP contribution is 2.45. The fourth-order valence-electron chi connectivity index (χ4n) is 2.20. The van der Waals surface area contributed by atoms with Crippen LogP contribution in [-0.2, 0) is 10.4 Å². The summed E-state index contributed by atoms with van der Waals surface area (Å²) in [4.78, 5) is 13.6. The Hall–Kier alpha value is -1.32. The molecular weight excluding hydrogens is 238 g/mol. The Labute approximate surface area is 105 Å². The molecule has 1 N–H and O–H groups in total. The average Bonchev–Trinajstić information content (AvgIpc) is 2.51. The van der Waals surface area contributed by atoms with Crippen molar-refractivity contribution in [3.8, 4) is 0 Å². The van der Waals surface area contributed by atoms with Gasteiger partial charge in [-0.05, 0) is 18.2 Å². The molecule has 2 atom stereocenters. The topological polar surface area (TPSA) is 40.5 Å². The zero-order valence-corrected chi connectivity index (χ0v) is 10.5. The summed E-state index contributed by atoms with van der Waals surface area (Å²) in [6.07, 6.45) is 1.57. The number of nitrogens with zero attached hydrogens (tertiary/aromatic N) is 1. The molecule has 0 radical (unpaired) electrons. The summed E-state index contributed by atoms with van der Waals surface area (Å²) < 4.78 is 0. The van der Waals surface area contributed by atoms with Crippen LogP contribution in [-0.4, -0.2) is 18.1 Å². The summed E-state index contributed by atoms with van der Waals surface area (Å²) in [7, 11) is 1.64. The largest absolute Gasteiger partial charge is 0.375 e. The standard InChI is InChI=1S/C13H14ClNO2/c1-4-8(2)13(17)10-7-9(14)5-6-11(10)15(3)12(13)16/h4-8,17H,1H2,2-3H3/t8-,13+/m0/s1. The summed E-state index contributed by atoms with van der Waals surface area (Å²) in [5.41, 5.74) is -0.322. The number of carbonyl (C=O) groups excluding carboxylic acids is 1. The summed E-state index contributed by atoms with van der Waals surface area (Å²) in [5.74, 6) is -0.723. The Morgan fingerprint density at radius 2 is 2.24 bits per heavy atom. The lowest BCUT2D eigenvalue weighted by Gasteiger charge is -2.26. The molecule has 0 fully saturated rings. The van der Waals surface area contributed by atoms with Gasteiger partial charge in [-0.3, -0.25) is 4.79 Å². The maximum absolute atomic E-state index is 12.2. The smallest absolute Gasteiger partial charge is 0.264 e. The van der Waals surface area contributed by atoms with Gasteiger partial charge in [-0.25, -0.2) is 0 Å². The van der Waals surface area contributed by atoms with Crippen LogP contribution < -0.4 is 4.90 Å². The third kappa shape index (κ3) is 1.50. The molecule has 0 saturated carbocycles. The molecule has 1 aromatic carbocycles. The summed E-state index contributed by atoms with van der Waals surface area (Å²) in [5, 5.41) is 11.2. The Kier molecular flexibility index (Phi) is 2.76. The van der Waals surface area contributed by atoms with E-state index in [4.69, 9.17) is 11.6 Å². The maximum Gasteiger partial charge on any atom is 0.264 e. The second kappa shape index (κ2) is 3.86. The molecule has 4 heteroatoms. The van der Waals surface area contributed by atoms with Crippen molar-refractivity contribution in [2.45, 2.75) is 12.5 Å². The van der Waals surface area contributed by atoms with Crippen LogP contribution in [0.5, 0.6) is 0 Å². The molecule has 1 aliphatic rings. The number of fused-ring (bicyclic) bond motifs is 1. The molecule has 1 heterocycles. The number of hydrogen-bond donors (Lipinski definition) is 1. The van der Waals surface area contributed by atoms with E-state index in [1.807, 2.05) is 0 Å². The quantitative estimate of drug-likeness (QED) is 0.820. The number of hydrogen-bond acceptors (Lipinski definition) is 2. The van der Waals surface area contributed by atoms with Crippen LogP contribution in [0.1, 0.15) is 12.5 Å². The minimum Gasteiger partial charge on any atom is -0.375 e. The van der Waals surface area contributed by atoms with Crippen molar-refractivity contribution < 1.29 is 9.90 Å². The highest BCUT2D eigenvalue weighted by molar-refractivity contribution is 6.31. The van der Waals surface area contributed by atoms with Gasteiger partial charge >= 0.3 is 0 Å². The molecule has 3 nitrogen and oxygen atoms in total. The van der Waals surface area contributed by atoms with Crippen molar-refractivity contribution in [1.82, 2.24) is 0 Å². The molecule has 2 rings (SSSR count). The molecular formula is C13H14ClNO2. The number of halogens is 1. The predicted octanol–water partition coefficient (Wildman–Crippen LogP) is 2.33. The van der Waals surface area contributed by atoms with Crippen molar-refractivity contribution in [3.05, 3.63) is 41.4 Å². The number of aliphatic hydroxyl groups is 1. The van der Waals surface area contributed by atoms with E-state index in [-0.39, 0.29) is 11.8 Å². The maximum atomic E-state index is 12.2. The van der Waals surface area contributed by atoms with Gasteiger partial charge in [0.05, 0.1) is 5.69 Å². The summed E-state index contributed by atoms with van der Waals surface area (Å²) >= 11 is 5.93. The Balaban J connectivity index is 2.68. The first-order valence-electron chi connectivity index (χ1n) is 5.36. The van der Waals surface area contributed by atoms with Crippen LogP contribution in [0.3, 0.4) is 0 Å². The zero-order chi connectivity index (χ0) is 12.8. The lowest BCUT2D eigenvalue weighted by molar-refractivity contribution is -0.139. The van der Waals surface area contributed by atoms with Crippen LogP contribution in [0.2, 0.25) is 5.02 Å². The molecule has 0 bridgehead atoms. The highest BCUT2D eigenvalue weighted by Gasteiger charge is 2.51. The minimum absolute atomic E-state index is 0.345. The molecule has 0 aromatic heterocycles. The van der Waals surface area contributed by atoms with Crippen LogP contribution in [0.25, 0.3) is 0 Å². The SMILES string of the molecule is C=C[C@H](C)[C@]1(O)C(=O)N(C)c2ccc(Cl)cc21. The van der Waals surface area contributed by atoms with Crippen molar-refractivity contribution in [1.29, 1.82) is 0 Å². The number of carbonyl (C=O) groups is 1. The first-order chi connectivity index (χ1) is 7.92. The monoisotopic (exact) mass is 251 g/mol. The number of benzene rings is 1. The summed E-state index contributed by atoms with van der Waals surface area (Å²) in [6, 6.07) is 5.08. The van der Waals surface area contributed by atoms with Crippen LogP contribution in [0.15, 0.2) is 30.9 Å². The molecule has 90 valence electrons. The Bertz CT molecular complexity index is 500. The first kappa shape index (κ1) is 12.1. The molecule has 0 unspecified atom stereocenters. The van der Waals surface area contributed by atoms with Crippen LogP contribution >= 0.6 is 11.6 Å². The van der Waals surface area contributed by atoms with Crippen molar-refractivity contribution in [2.24, 2.45) is 5.92 Å². The van der Waals surface area contributed by atoms with E-state index in [1.165, 1.54) is 4.90 Å². The zero-order valence-electron chi connectivity index (χ0n) is 9.77. The lowest BCUT2D eigenvalue weighted by atomic mass is 9.83. The number of likely N-dealkylation sites (N-methyl/N-ethyl adjacent to an activating group) is 1. The summed E-state index contributed by atoms with van der Waals surface area (Å²) in [6.45, 7) is 5.40. The third-order valence-corrected chi connectivity index (χ3v) is 3.61. The van der Waals surface area contributed by atoms with E-state index in [9.17, 15) is 9.90 Å². The van der Waals surface area contributed by atoms with Crippen LogP contribution in [0, 0.1) is 5.92 Å². The average molecular weight is 252 g/mol. The molecule has 0 spiro atoms. The van der Waals surface area contributed by atoms with Gasteiger partial charge in [0.15, 0.2) is 5.60 Å². The van der Waals surface area contributed by atoms with Crippen molar-refractivity contribution >= 4 is 23.2 Å². The van der Waals surface area contributed by atoms with E-state index < -0.39 is 5.60 Å². The number of anilines is 1. The Morgan fingerprint density at radius 1 is 1.59 bits per heavy atom. The molecule has 1 aromatic rings. The van der Waals surface area contributed by atoms with Crippen LogP contribution in [0.4, 0.5) is 5.69 Å². The second-order valence-corrected chi connectivity index (χ2v) is 4.75. The molecule has 1 aliphatic heterocycles. The second-order valence-electron chi connectivity index (χ2n) is 4.32. The van der Waals surface area contributed by atoms with Gasteiger partial charge in [0.1, 0.15) is 0 Å². The van der Waals surface area contributed by atoms with Gasteiger partial charge < -0.3 is 10.0 Å². The van der Waals surface area contributed by atoms with Crippen molar-refractivity contribution in [2.75, 3.05) is 11.9 Å². The van der Waals surface area contributed by atoms with Gasteiger partial charge in [-0.1, -0.05) is 24.6 Å². The molecule has 0 aliphatic carbocycles. The van der Waals surface area contributed by atoms with Gasteiger partial charge in [0.25, 0.3) is 5.91 Å².